The monoisotopic (exact) mass is 355 g/mol. The van der Waals surface area contributed by atoms with Gasteiger partial charge in [-0.2, -0.15) is 0 Å². The van der Waals surface area contributed by atoms with Gasteiger partial charge in [-0.3, -0.25) is 9.69 Å². The van der Waals surface area contributed by atoms with Gasteiger partial charge in [0, 0.05) is 31.1 Å². The summed E-state index contributed by atoms with van der Waals surface area (Å²) in [5.74, 6) is 1.72. The van der Waals surface area contributed by atoms with Crippen molar-refractivity contribution in [2.24, 2.45) is 5.73 Å². The van der Waals surface area contributed by atoms with Gasteiger partial charge in [0.1, 0.15) is 16.2 Å². The van der Waals surface area contributed by atoms with Crippen molar-refractivity contribution in [3.63, 3.8) is 0 Å². The zero-order chi connectivity index (χ0) is 15.4. The summed E-state index contributed by atoms with van der Waals surface area (Å²) in [4.78, 5) is 21.9. The maximum atomic E-state index is 10.9. The van der Waals surface area contributed by atoms with Gasteiger partial charge < -0.3 is 11.1 Å². The largest absolute Gasteiger partial charge is 0.369 e. The molecule has 0 atom stereocenters. The fourth-order valence-corrected chi connectivity index (χ4v) is 2.83. The van der Waals surface area contributed by atoms with Gasteiger partial charge in [-0.25, -0.2) is 9.97 Å². The number of primary amides is 1. The second-order valence-electron chi connectivity index (χ2n) is 5.75. The Kier molecular flexibility index (Phi) is 5.52. The topological polar surface area (TPSA) is 84.1 Å². The number of amides is 1. The molecule has 0 bridgehead atoms. The molecule has 0 spiro atoms. The Bertz CT molecular complexity index is 500. The van der Waals surface area contributed by atoms with Gasteiger partial charge in [0.15, 0.2) is 0 Å². The van der Waals surface area contributed by atoms with Crippen LogP contribution in [0.4, 0.5) is 5.82 Å². The van der Waals surface area contributed by atoms with Crippen LogP contribution in [0.25, 0.3) is 0 Å². The summed E-state index contributed by atoms with van der Waals surface area (Å²) >= 11 is 3.43. The predicted molar refractivity (Wildman–Crippen MR) is 86.1 cm³/mol. The quantitative estimate of drug-likeness (QED) is 0.785. The van der Waals surface area contributed by atoms with E-state index in [0.717, 1.165) is 42.2 Å². The van der Waals surface area contributed by atoms with Gasteiger partial charge in [0.05, 0.1) is 6.54 Å². The van der Waals surface area contributed by atoms with Crippen molar-refractivity contribution in [1.29, 1.82) is 0 Å². The summed E-state index contributed by atoms with van der Waals surface area (Å²) in [5.41, 5.74) is 5.22. The number of nitrogens with zero attached hydrogens (tertiary/aromatic N) is 3. The third kappa shape index (κ3) is 4.93. The number of anilines is 1. The van der Waals surface area contributed by atoms with Crippen molar-refractivity contribution in [2.75, 3.05) is 25.0 Å². The van der Waals surface area contributed by atoms with Crippen LogP contribution < -0.4 is 11.1 Å². The number of likely N-dealkylation sites (tertiary alicyclic amines) is 1. The van der Waals surface area contributed by atoms with Crippen molar-refractivity contribution >= 4 is 27.7 Å². The molecule has 2 rings (SSSR count). The van der Waals surface area contributed by atoms with Gasteiger partial charge in [-0.15, -0.1) is 0 Å². The molecule has 0 unspecified atom stereocenters. The van der Waals surface area contributed by atoms with E-state index in [2.05, 4.69) is 50.0 Å². The highest BCUT2D eigenvalue weighted by Crippen LogP contribution is 2.20. The molecule has 0 radical (unpaired) electrons. The third-order valence-corrected chi connectivity index (χ3v) is 3.95. The molecule has 3 N–H and O–H groups in total. The van der Waals surface area contributed by atoms with Crippen molar-refractivity contribution in [2.45, 2.75) is 38.6 Å². The van der Waals surface area contributed by atoms with Crippen LogP contribution >= 0.6 is 15.9 Å². The van der Waals surface area contributed by atoms with Crippen LogP contribution in [0.3, 0.4) is 0 Å². The molecule has 0 aromatic carbocycles. The minimum absolute atomic E-state index is 0.261. The Morgan fingerprint density at radius 3 is 2.71 bits per heavy atom. The Hall–Kier alpha value is -1.21. The number of carbonyl (C=O) groups is 1. The fraction of sp³-hybridized carbons (Fsp3) is 0.643. The predicted octanol–water partition coefficient (Wildman–Crippen LogP) is 1.72. The van der Waals surface area contributed by atoms with Crippen LogP contribution in [0, 0.1) is 0 Å². The molecule has 21 heavy (non-hydrogen) atoms. The number of rotatable bonds is 5. The average molecular weight is 356 g/mol. The number of halogens is 1. The minimum atomic E-state index is -0.261. The summed E-state index contributed by atoms with van der Waals surface area (Å²) in [6.07, 6.45) is 1.96. The number of nitrogens with two attached hydrogens (primary N) is 1. The van der Waals surface area contributed by atoms with E-state index in [1.165, 1.54) is 0 Å². The second kappa shape index (κ2) is 7.17. The molecule has 0 saturated carbocycles. The number of carbonyl (C=O) groups excluding carboxylic acids is 1. The summed E-state index contributed by atoms with van der Waals surface area (Å²) in [6, 6.07) is 2.28. The molecule has 1 aromatic rings. The zero-order valence-corrected chi connectivity index (χ0v) is 14.1. The van der Waals surface area contributed by atoms with Gasteiger partial charge in [-0.05, 0) is 28.8 Å². The lowest BCUT2D eigenvalue weighted by Gasteiger charge is -2.31. The Labute approximate surface area is 133 Å². The Morgan fingerprint density at radius 2 is 2.14 bits per heavy atom. The lowest BCUT2D eigenvalue weighted by atomic mass is 10.1. The first-order valence-electron chi connectivity index (χ1n) is 7.25. The summed E-state index contributed by atoms with van der Waals surface area (Å²) < 4.78 is 0.801. The van der Waals surface area contributed by atoms with Crippen LogP contribution in [-0.4, -0.2) is 46.5 Å². The molecule has 2 heterocycles. The van der Waals surface area contributed by atoms with Crippen LogP contribution in [0.2, 0.25) is 0 Å². The van der Waals surface area contributed by atoms with E-state index in [4.69, 9.17) is 5.73 Å². The molecular formula is C14H22BrN5O. The van der Waals surface area contributed by atoms with Crippen molar-refractivity contribution in [3.05, 3.63) is 16.5 Å². The van der Waals surface area contributed by atoms with Gasteiger partial charge >= 0.3 is 0 Å². The van der Waals surface area contributed by atoms with E-state index < -0.39 is 0 Å². The standard InChI is InChI=1S/C14H22BrN5O/c1-9(2)14-18-11(15)7-13(19-14)17-10-3-5-20(6-4-10)8-12(16)21/h7,9-10H,3-6,8H2,1-2H3,(H2,16,21)(H,17,18,19). The first kappa shape index (κ1) is 16.2. The lowest BCUT2D eigenvalue weighted by Crippen LogP contribution is -2.43. The van der Waals surface area contributed by atoms with E-state index in [9.17, 15) is 4.79 Å². The zero-order valence-electron chi connectivity index (χ0n) is 12.5. The molecule has 1 saturated heterocycles. The van der Waals surface area contributed by atoms with Crippen LogP contribution in [-0.2, 0) is 4.79 Å². The van der Waals surface area contributed by atoms with E-state index in [-0.39, 0.29) is 5.91 Å². The Balaban J connectivity index is 1.93. The number of piperidine rings is 1. The summed E-state index contributed by atoms with van der Waals surface area (Å²) in [6.45, 7) is 6.26. The normalized spacial score (nSPS) is 17.1. The highest BCUT2D eigenvalue weighted by Gasteiger charge is 2.20. The molecule has 0 aliphatic carbocycles. The van der Waals surface area contributed by atoms with Crippen molar-refractivity contribution < 1.29 is 4.79 Å². The highest BCUT2D eigenvalue weighted by molar-refractivity contribution is 9.10. The van der Waals surface area contributed by atoms with Gasteiger partial charge in [-0.1, -0.05) is 13.8 Å². The number of hydrogen-bond acceptors (Lipinski definition) is 5. The molecule has 7 heteroatoms. The van der Waals surface area contributed by atoms with Crippen LogP contribution in [0.15, 0.2) is 10.7 Å². The van der Waals surface area contributed by atoms with E-state index >= 15 is 0 Å². The molecule has 1 aliphatic rings. The second-order valence-corrected chi connectivity index (χ2v) is 6.56. The first-order valence-corrected chi connectivity index (χ1v) is 8.05. The third-order valence-electron chi connectivity index (χ3n) is 3.55. The molecule has 1 aromatic heterocycles. The first-order chi connectivity index (χ1) is 9.94. The number of nitrogens with one attached hydrogen (secondary N) is 1. The average Bonchev–Trinajstić information content (AvgIpc) is 2.39. The van der Waals surface area contributed by atoms with E-state index in [1.807, 2.05) is 6.07 Å². The van der Waals surface area contributed by atoms with E-state index in [1.54, 1.807) is 0 Å². The SMILES string of the molecule is CC(C)c1nc(Br)cc(NC2CCN(CC(N)=O)CC2)n1. The molecule has 1 fully saturated rings. The van der Waals surface area contributed by atoms with Crippen molar-refractivity contribution in [3.8, 4) is 0 Å². The summed E-state index contributed by atoms with van der Waals surface area (Å²) in [5, 5.41) is 3.47. The van der Waals surface area contributed by atoms with Crippen molar-refractivity contribution in [1.82, 2.24) is 14.9 Å². The highest BCUT2D eigenvalue weighted by atomic mass is 79.9. The van der Waals surface area contributed by atoms with Crippen LogP contribution in [0.1, 0.15) is 38.4 Å². The molecule has 1 amide bonds. The molecule has 116 valence electrons. The van der Waals surface area contributed by atoms with Crippen LogP contribution in [0.5, 0.6) is 0 Å². The molecule has 1 aliphatic heterocycles. The lowest BCUT2D eigenvalue weighted by molar-refractivity contribution is -0.119. The summed E-state index contributed by atoms with van der Waals surface area (Å²) in [7, 11) is 0. The maximum Gasteiger partial charge on any atom is 0.231 e. The fourth-order valence-electron chi connectivity index (χ4n) is 2.43. The molecule has 6 nitrogen and oxygen atoms in total. The van der Waals surface area contributed by atoms with Gasteiger partial charge in [0.2, 0.25) is 5.91 Å². The Morgan fingerprint density at radius 1 is 1.48 bits per heavy atom. The molecular weight excluding hydrogens is 334 g/mol. The minimum Gasteiger partial charge on any atom is -0.369 e. The number of aromatic nitrogens is 2. The number of hydrogen-bond donors (Lipinski definition) is 2. The maximum absolute atomic E-state index is 10.9. The smallest absolute Gasteiger partial charge is 0.231 e. The van der Waals surface area contributed by atoms with E-state index in [0.29, 0.717) is 18.5 Å². The van der Waals surface area contributed by atoms with Gasteiger partial charge in [0.25, 0.3) is 0 Å².